The van der Waals surface area contributed by atoms with Gasteiger partial charge in [-0.2, -0.15) is 5.10 Å². The number of nitrogens with zero attached hydrogens (tertiary/aromatic N) is 4. The van der Waals surface area contributed by atoms with E-state index in [2.05, 4.69) is 15.3 Å². The zero-order valence-electron chi connectivity index (χ0n) is 14.5. The van der Waals surface area contributed by atoms with Gasteiger partial charge in [0.2, 0.25) is 5.89 Å². The normalized spacial score (nSPS) is 11.0. The molecule has 0 saturated heterocycles. The zero-order chi connectivity index (χ0) is 19.0. The van der Waals surface area contributed by atoms with Crippen LogP contribution in [0.5, 0.6) is 5.75 Å². The minimum atomic E-state index is 0.269. The molecule has 136 valence electrons. The topological polar surface area (TPSA) is 66.0 Å². The van der Waals surface area contributed by atoms with E-state index in [1.54, 1.807) is 36.9 Å². The van der Waals surface area contributed by atoms with Gasteiger partial charge in [-0.3, -0.25) is 0 Å². The van der Waals surface area contributed by atoms with Crippen molar-refractivity contribution in [1.29, 1.82) is 0 Å². The summed E-state index contributed by atoms with van der Waals surface area (Å²) in [5.74, 6) is 1.21. The Labute approximate surface area is 165 Å². The fraction of sp³-hybridized carbons (Fsp3) is 0.105. The lowest BCUT2D eigenvalue weighted by Gasteiger charge is -2.10. The average Bonchev–Trinajstić information content (AvgIpc) is 3.26. The Kier molecular flexibility index (Phi) is 4.59. The Bertz CT molecular complexity index is 1100. The molecule has 0 bridgehead atoms. The van der Waals surface area contributed by atoms with Gasteiger partial charge in [0.25, 0.3) is 5.89 Å². The second-order valence-electron chi connectivity index (χ2n) is 5.73. The van der Waals surface area contributed by atoms with E-state index < -0.39 is 0 Å². The second-order valence-corrected chi connectivity index (χ2v) is 6.57. The maximum atomic E-state index is 6.42. The summed E-state index contributed by atoms with van der Waals surface area (Å²) in [6, 6.07) is 14.8. The van der Waals surface area contributed by atoms with Gasteiger partial charge in [0.1, 0.15) is 5.69 Å². The molecular weight excluding hydrogens is 387 g/mol. The summed E-state index contributed by atoms with van der Waals surface area (Å²) in [6.07, 6.45) is 0. The van der Waals surface area contributed by atoms with Crippen molar-refractivity contribution >= 4 is 23.2 Å². The highest BCUT2D eigenvalue weighted by atomic mass is 35.5. The number of hydrogen-bond donors (Lipinski definition) is 0. The van der Waals surface area contributed by atoms with E-state index in [1.165, 1.54) is 0 Å². The first-order valence-corrected chi connectivity index (χ1v) is 8.82. The van der Waals surface area contributed by atoms with Crippen LogP contribution < -0.4 is 4.74 Å². The van der Waals surface area contributed by atoms with Gasteiger partial charge in [-0.15, -0.1) is 10.2 Å². The lowest BCUT2D eigenvalue weighted by Crippen LogP contribution is -2.00. The highest BCUT2D eigenvalue weighted by Crippen LogP contribution is 2.41. The zero-order valence-corrected chi connectivity index (χ0v) is 16.0. The minimum absolute atomic E-state index is 0.269. The molecule has 27 heavy (non-hydrogen) atoms. The molecule has 6 nitrogen and oxygen atoms in total. The number of aryl methyl sites for hydroxylation is 1. The predicted molar refractivity (Wildman–Crippen MR) is 104 cm³/mol. The van der Waals surface area contributed by atoms with Gasteiger partial charge < -0.3 is 9.15 Å². The van der Waals surface area contributed by atoms with E-state index in [0.29, 0.717) is 38.8 Å². The maximum Gasteiger partial charge on any atom is 0.272 e. The molecule has 8 heteroatoms. The largest absolute Gasteiger partial charge is 0.492 e. The summed E-state index contributed by atoms with van der Waals surface area (Å²) in [5.41, 5.74) is 2.69. The quantitative estimate of drug-likeness (QED) is 0.470. The summed E-state index contributed by atoms with van der Waals surface area (Å²) in [5, 5.41) is 13.8. The fourth-order valence-corrected chi connectivity index (χ4v) is 3.13. The van der Waals surface area contributed by atoms with Crippen molar-refractivity contribution < 1.29 is 9.15 Å². The van der Waals surface area contributed by atoms with E-state index in [0.717, 1.165) is 5.56 Å². The standard InChI is InChI=1S/C19H14Cl2N4O2/c1-11-22-23-19(27-11)16-18(26-2)17(12-7-9-13(20)10-8-12)25(24-16)15-6-4-3-5-14(15)21/h3-10H,1-2H3. The first-order valence-electron chi connectivity index (χ1n) is 8.07. The molecule has 2 aromatic carbocycles. The van der Waals surface area contributed by atoms with Crippen molar-refractivity contribution in [1.82, 2.24) is 20.0 Å². The summed E-state index contributed by atoms with van der Waals surface area (Å²) in [7, 11) is 1.57. The molecule has 2 heterocycles. The molecule has 0 radical (unpaired) electrons. The molecule has 0 aliphatic rings. The molecule has 0 N–H and O–H groups in total. The van der Waals surface area contributed by atoms with Gasteiger partial charge in [-0.25, -0.2) is 4.68 Å². The van der Waals surface area contributed by atoms with Crippen LogP contribution in [0.25, 0.3) is 28.5 Å². The van der Waals surface area contributed by atoms with Crippen LogP contribution in [0.2, 0.25) is 10.0 Å². The third-order valence-electron chi connectivity index (χ3n) is 3.97. The number of methoxy groups -OCH3 is 1. The SMILES string of the molecule is COc1c(-c2nnc(C)o2)nn(-c2ccccc2Cl)c1-c1ccc(Cl)cc1. The van der Waals surface area contributed by atoms with Crippen LogP contribution in [-0.4, -0.2) is 27.1 Å². The van der Waals surface area contributed by atoms with Gasteiger partial charge in [-0.1, -0.05) is 47.5 Å². The van der Waals surface area contributed by atoms with Crippen molar-refractivity contribution in [2.75, 3.05) is 7.11 Å². The van der Waals surface area contributed by atoms with Crippen molar-refractivity contribution in [3.8, 4) is 34.3 Å². The van der Waals surface area contributed by atoms with Gasteiger partial charge in [0, 0.05) is 17.5 Å². The third kappa shape index (κ3) is 3.18. The van der Waals surface area contributed by atoms with Gasteiger partial charge >= 0.3 is 0 Å². The van der Waals surface area contributed by atoms with Gasteiger partial charge in [0.05, 0.1) is 17.8 Å². The summed E-state index contributed by atoms with van der Waals surface area (Å²) >= 11 is 12.5. The van der Waals surface area contributed by atoms with Gasteiger partial charge in [0.15, 0.2) is 11.4 Å². The highest BCUT2D eigenvalue weighted by molar-refractivity contribution is 6.32. The highest BCUT2D eigenvalue weighted by Gasteiger charge is 2.26. The predicted octanol–water partition coefficient (Wildman–Crippen LogP) is 5.21. The van der Waals surface area contributed by atoms with Gasteiger partial charge in [-0.05, 0) is 24.3 Å². The minimum Gasteiger partial charge on any atom is -0.492 e. The number of halogens is 2. The van der Waals surface area contributed by atoms with Crippen LogP contribution in [0.4, 0.5) is 0 Å². The van der Waals surface area contributed by atoms with Crippen LogP contribution in [-0.2, 0) is 0 Å². The Morgan fingerprint density at radius 1 is 1.00 bits per heavy atom. The Morgan fingerprint density at radius 2 is 1.74 bits per heavy atom. The second kappa shape index (κ2) is 7.06. The molecule has 0 amide bonds. The number of benzene rings is 2. The molecule has 4 aromatic rings. The first kappa shape index (κ1) is 17.6. The van der Waals surface area contributed by atoms with Crippen LogP contribution in [0.3, 0.4) is 0 Å². The summed E-state index contributed by atoms with van der Waals surface area (Å²) < 4.78 is 13.0. The van der Waals surface area contributed by atoms with E-state index in [4.69, 9.17) is 32.4 Å². The molecule has 0 saturated carbocycles. The molecule has 0 aliphatic carbocycles. The van der Waals surface area contributed by atoms with Crippen molar-refractivity contribution in [3.05, 3.63) is 64.5 Å². The Hall–Kier alpha value is -2.83. The fourth-order valence-electron chi connectivity index (χ4n) is 2.79. The van der Waals surface area contributed by atoms with Crippen molar-refractivity contribution in [3.63, 3.8) is 0 Å². The van der Waals surface area contributed by atoms with Crippen LogP contribution in [0.15, 0.2) is 52.9 Å². The third-order valence-corrected chi connectivity index (χ3v) is 4.54. The lowest BCUT2D eigenvalue weighted by molar-refractivity contribution is 0.415. The van der Waals surface area contributed by atoms with E-state index in [9.17, 15) is 0 Å². The Morgan fingerprint density at radius 3 is 2.37 bits per heavy atom. The van der Waals surface area contributed by atoms with Crippen LogP contribution in [0, 0.1) is 6.92 Å². The summed E-state index contributed by atoms with van der Waals surface area (Å²) in [6.45, 7) is 1.72. The molecule has 0 aliphatic heterocycles. The van der Waals surface area contributed by atoms with Crippen LogP contribution in [0.1, 0.15) is 5.89 Å². The summed E-state index contributed by atoms with van der Waals surface area (Å²) in [4.78, 5) is 0. The average molecular weight is 401 g/mol. The molecule has 4 rings (SSSR count). The monoisotopic (exact) mass is 400 g/mol. The molecule has 0 unspecified atom stereocenters. The molecular formula is C19H14Cl2N4O2. The lowest BCUT2D eigenvalue weighted by atomic mass is 10.1. The molecule has 0 atom stereocenters. The van der Waals surface area contributed by atoms with Crippen molar-refractivity contribution in [2.45, 2.75) is 6.92 Å². The smallest absolute Gasteiger partial charge is 0.272 e. The molecule has 0 spiro atoms. The van der Waals surface area contributed by atoms with Crippen LogP contribution >= 0.6 is 23.2 Å². The van der Waals surface area contributed by atoms with E-state index >= 15 is 0 Å². The number of para-hydroxylation sites is 1. The number of hydrogen-bond acceptors (Lipinski definition) is 5. The van der Waals surface area contributed by atoms with E-state index in [1.807, 2.05) is 30.3 Å². The first-order chi connectivity index (χ1) is 13.1. The maximum absolute atomic E-state index is 6.42. The molecule has 0 fully saturated rings. The number of ether oxygens (including phenoxy) is 1. The number of rotatable bonds is 4. The van der Waals surface area contributed by atoms with Crippen molar-refractivity contribution in [2.24, 2.45) is 0 Å². The Balaban J connectivity index is 2.03. The number of aromatic nitrogens is 4. The van der Waals surface area contributed by atoms with E-state index in [-0.39, 0.29) is 5.89 Å². The molecule has 2 aromatic heterocycles.